The lowest BCUT2D eigenvalue weighted by molar-refractivity contribution is 0.0697. The van der Waals surface area contributed by atoms with Crippen LogP contribution in [-0.2, 0) is 10.0 Å². The van der Waals surface area contributed by atoms with E-state index in [9.17, 15) is 13.2 Å². The van der Waals surface area contributed by atoms with Gasteiger partial charge in [0, 0.05) is 18.0 Å². The number of hydrogen-bond donors (Lipinski definition) is 1. The number of amides is 1. The Morgan fingerprint density at radius 3 is 2.70 bits per heavy atom. The predicted octanol–water partition coefficient (Wildman–Crippen LogP) is 2.11. The molecular weight excluding hydrogens is 296 g/mol. The molecule has 1 fully saturated rings. The minimum Gasteiger partial charge on any atom is -0.336 e. The standard InChI is InChI=1S/C13H20N2O3S2/c1-9-6-4-3-5-7-15(9)12(16)11-8-19-13(10(11)2)20(14,17)18/h8-9H,3-7H2,1-2H3,(H2,14,17,18). The van der Waals surface area contributed by atoms with E-state index in [-0.39, 0.29) is 16.2 Å². The molecule has 20 heavy (non-hydrogen) atoms. The highest BCUT2D eigenvalue weighted by atomic mass is 32.2. The first kappa shape index (κ1) is 15.5. The minimum absolute atomic E-state index is 0.0805. The summed E-state index contributed by atoms with van der Waals surface area (Å²) in [6.45, 7) is 4.43. The highest BCUT2D eigenvalue weighted by Gasteiger charge is 2.27. The number of primary sulfonamides is 1. The van der Waals surface area contributed by atoms with Gasteiger partial charge in [-0.2, -0.15) is 0 Å². The van der Waals surface area contributed by atoms with Gasteiger partial charge in [0.1, 0.15) is 4.21 Å². The molecule has 7 heteroatoms. The molecule has 2 rings (SSSR count). The van der Waals surface area contributed by atoms with Crippen molar-refractivity contribution in [3.05, 3.63) is 16.5 Å². The molecule has 1 atom stereocenters. The summed E-state index contributed by atoms with van der Waals surface area (Å²) in [5, 5.41) is 6.77. The van der Waals surface area contributed by atoms with Gasteiger partial charge >= 0.3 is 0 Å². The molecule has 1 aliphatic rings. The maximum Gasteiger partial charge on any atom is 0.255 e. The number of hydrogen-bond acceptors (Lipinski definition) is 4. The average molecular weight is 316 g/mol. The van der Waals surface area contributed by atoms with Gasteiger partial charge in [0.15, 0.2) is 0 Å². The molecule has 0 spiro atoms. The van der Waals surface area contributed by atoms with Crippen LogP contribution in [0.4, 0.5) is 0 Å². The molecule has 2 N–H and O–H groups in total. The summed E-state index contributed by atoms with van der Waals surface area (Å²) in [7, 11) is -3.75. The van der Waals surface area contributed by atoms with Crippen LogP contribution in [0.1, 0.15) is 48.5 Å². The second kappa shape index (κ2) is 5.83. The zero-order valence-electron chi connectivity index (χ0n) is 11.8. The van der Waals surface area contributed by atoms with E-state index in [0.29, 0.717) is 11.1 Å². The molecule has 2 heterocycles. The van der Waals surface area contributed by atoms with Crippen molar-refractivity contribution in [2.24, 2.45) is 5.14 Å². The van der Waals surface area contributed by atoms with Crippen LogP contribution in [0.2, 0.25) is 0 Å². The number of rotatable bonds is 2. The van der Waals surface area contributed by atoms with Gasteiger partial charge < -0.3 is 4.90 Å². The number of likely N-dealkylation sites (tertiary alicyclic amines) is 1. The Morgan fingerprint density at radius 2 is 2.10 bits per heavy atom. The summed E-state index contributed by atoms with van der Waals surface area (Å²) < 4.78 is 23.0. The second-order valence-electron chi connectivity index (χ2n) is 5.30. The van der Waals surface area contributed by atoms with E-state index in [1.165, 1.54) is 0 Å². The largest absolute Gasteiger partial charge is 0.336 e. The van der Waals surface area contributed by atoms with E-state index in [2.05, 4.69) is 0 Å². The van der Waals surface area contributed by atoms with E-state index in [1.54, 1.807) is 12.3 Å². The summed E-state index contributed by atoms with van der Waals surface area (Å²) in [6, 6.07) is 0.197. The quantitative estimate of drug-likeness (QED) is 0.907. The first-order valence-electron chi connectivity index (χ1n) is 6.74. The highest BCUT2D eigenvalue weighted by molar-refractivity contribution is 7.91. The van der Waals surface area contributed by atoms with Gasteiger partial charge in [-0.1, -0.05) is 12.8 Å². The van der Waals surface area contributed by atoms with Crippen LogP contribution in [0, 0.1) is 6.92 Å². The highest BCUT2D eigenvalue weighted by Crippen LogP contribution is 2.28. The summed E-state index contributed by atoms with van der Waals surface area (Å²) in [4.78, 5) is 14.5. The summed E-state index contributed by atoms with van der Waals surface area (Å²) in [5.74, 6) is -0.0805. The molecule has 0 aliphatic carbocycles. The van der Waals surface area contributed by atoms with Crippen molar-refractivity contribution in [2.75, 3.05) is 6.54 Å². The number of carbonyl (C=O) groups is 1. The van der Waals surface area contributed by atoms with E-state index in [0.717, 1.165) is 43.6 Å². The Balaban J connectivity index is 2.32. The summed E-state index contributed by atoms with van der Waals surface area (Å²) in [6.07, 6.45) is 4.27. The van der Waals surface area contributed by atoms with Crippen LogP contribution in [0.15, 0.2) is 9.59 Å². The molecule has 1 aromatic heterocycles. The van der Waals surface area contributed by atoms with Gasteiger partial charge in [-0.15, -0.1) is 11.3 Å². The van der Waals surface area contributed by atoms with Gasteiger partial charge in [-0.25, -0.2) is 13.6 Å². The molecule has 0 radical (unpaired) electrons. The predicted molar refractivity (Wildman–Crippen MR) is 79.4 cm³/mol. The lowest BCUT2D eigenvalue weighted by Crippen LogP contribution is -2.38. The van der Waals surface area contributed by atoms with Gasteiger partial charge in [-0.3, -0.25) is 4.79 Å². The van der Waals surface area contributed by atoms with Crippen LogP contribution < -0.4 is 5.14 Å². The molecule has 1 amide bonds. The smallest absolute Gasteiger partial charge is 0.255 e. The van der Waals surface area contributed by atoms with Gasteiger partial charge in [0.05, 0.1) is 5.56 Å². The molecule has 0 saturated carbocycles. The third-order valence-electron chi connectivity index (χ3n) is 3.80. The number of nitrogens with zero attached hydrogens (tertiary/aromatic N) is 1. The summed E-state index contributed by atoms with van der Waals surface area (Å²) in [5.41, 5.74) is 0.937. The molecule has 112 valence electrons. The minimum atomic E-state index is -3.75. The Morgan fingerprint density at radius 1 is 1.40 bits per heavy atom. The number of thiophene rings is 1. The second-order valence-corrected chi connectivity index (χ2v) is 7.94. The molecule has 0 bridgehead atoms. The monoisotopic (exact) mass is 316 g/mol. The average Bonchev–Trinajstić information content (AvgIpc) is 2.61. The molecule has 1 unspecified atom stereocenters. The topological polar surface area (TPSA) is 80.5 Å². The van der Waals surface area contributed by atoms with Crippen molar-refractivity contribution in [1.29, 1.82) is 0 Å². The van der Waals surface area contributed by atoms with Crippen molar-refractivity contribution < 1.29 is 13.2 Å². The van der Waals surface area contributed by atoms with Crippen LogP contribution in [0.25, 0.3) is 0 Å². The van der Waals surface area contributed by atoms with Crippen LogP contribution in [0.5, 0.6) is 0 Å². The van der Waals surface area contributed by atoms with E-state index in [1.807, 2.05) is 11.8 Å². The SMILES string of the molecule is Cc1c(C(=O)N2CCCCCC2C)csc1S(N)(=O)=O. The van der Waals surface area contributed by atoms with Crippen LogP contribution in [-0.4, -0.2) is 31.8 Å². The van der Waals surface area contributed by atoms with Gasteiger partial charge in [0.25, 0.3) is 5.91 Å². The van der Waals surface area contributed by atoms with Crippen molar-refractivity contribution in [1.82, 2.24) is 4.90 Å². The molecule has 1 saturated heterocycles. The lowest BCUT2D eigenvalue weighted by atomic mass is 10.1. The maximum absolute atomic E-state index is 12.6. The Labute approximate surface area is 123 Å². The number of carbonyl (C=O) groups excluding carboxylic acids is 1. The first-order valence-corrected chi connectivity index (χ1v) is 9.17. The van der Waals surface area contributed by atoms with Crippen LogP contribution >= 0.6 is 11.3 Å². The lowest BCUT2D eigenvalue weighted by Gasteiger charge is -2.27. The summed E-state index contributed by atoms with van der Waals surface area (Å²) >= 11 is 1.02. The van der Waals surface area contributed by atoms with Crippen molar-refractivity contribution in [3.63, 3.8) is 0 Å². The fraction of sp³-hybridized carbons (Fsp3) is 0.615. The zero-order chi connectivity index (χ0) is 14.9. The van der Waals surface area contributed by atoms with Gasteiger partial charge in [0.2, 0.25) is 10.0 Å². The van der Waals surface area contributed by atoms with E-state index < -0.39 is 10.0 Å². The van der Waals surface area contributed by atoms with E-state index >= 15 is 0 Å². The zero-order valence-corrected chi connectivity index (χ0v) is 13.4. The first-order chi connectivity index (χ1) is 9.32. The van der Waals surface area contributed by atoms with Gasteiger partial charge in [-0.05, 0) is 32.3 Å². The molecule has 5 nitrogen and oxygen atoms in total. The third-order valence-corrected chi connectivity index (χ3v) is 6.48. The Bertz CT molecular complexity index is 607. The van der Waals surface area contributed by atoms with Crippen molar-refractivity contribution in [3.8, 4) is 0 Å². The Hall–Kier alpha value is -0.920. The fourth-order valence-electron chi connectivity index (χ4n) is 2.62. The maximum atomic E-state index is 12.6. The van der Waals surface area contributed by atoms with Crippen molar-refractivity contribution >= 4 is 27.3 Å². The van der Waals surface area contributed by atoms with Crippen molar-refractivity contribution in [2.45, 2.75) is 49.8 Å². The molecule has 1 aromatic rings. The van der Waals surface area contributed by atoms with Crippen LogP contribution in [0.3, 0.4) is 0 Å². The Kier molecular flexibility index (Phi) is 4.51. The number of nitrogens with two attached hydrogens (primary N) is 1. The third kappa shape index (κ3) is 3.05. The molecule has 0 aromatic carbocycles. The molecular formula is C13H20N2O3S2. The van der Waals surface area contributed by atoms with E-state index in [4.69, 9.17) is 5.14 Å². The molecule has 1 aliphatic heterocycles. The fourth-order valence-corrected chi connectivity index (χ4v) is 4.63. The number of sulfonamides is 1. The normalized spacial score (nSPS) is 20.8.